The molecule has 29 heavy (non-hydrogen) atoms. The summed E-state index contributed by atoms with van der Waals surface area (Å²) in [7, 11) is 0. The fourth-order valence-corrected chi connectivity index (χ4v) is 4.28. The molecule has 2 aliphatic heterocycles. The van der Waals surface area contributed by atoms with Gasteiger partial charge in [-0.15, -0.1) is 0 Å². The van der Waals surface area contributed by atoms with Crippen LogP contribution in [0.4, 0.5) is 16.2 Å². The van der Waals surface area contributed by atoms with Crippen molar-refractivity contribution in [1.29, 1.82) is 0 Å². The van der Waals surface area contributed by atoms with Crippen molar-refractivity contribution in [2.45, 2.75) is 32.0 Å². The standard InChI is InChI=1S/C21H21N3O5/c1-14-19-18(23(20(14)25)16-7-9-17(10-8-16)24(27)28)11-12-22(19)21(26)29-13-15-5-3-2-4-6-15/h2-10,14,18-19H,11-13H2,1H3/t14-,18-,19+/m0/s1. The molecule has 0 aliphatic carbocycles. The van der Waals surface area contributed by atoms with Gasteiger partial charge < -0.3 is 14.5 Å². The van der Waals surface area contributed by atoms with E-state index in [0.29, 0.717) is 18.7 Å². The van der Waals surface area contributed by atoms with Crippen LogP contribution in [0, 0.1) is 16.0 Å². The van der Waals surface area contributed by atoms with E-state index in [-0.39, 0.29) is 36.2 Å². The Labute approximate surface area is 167 Å². The quantitative estimate of drug-likeness (QED) is 0.585. The van der Waals surface area contributed by atoms with E-state index >= 15 is 0 Å². The van der Waals surface area contributed by atoms with Crippen LogP contribution in [0.5, 0.6) is 0 Å². The summed E-state index contributed by atoms with van der Waals surface area (Å²) >= 11 is 0. The number of carbonyl (C=O) groups is 2. The van der Waals surface area contributed by atoms with Gasteiger partial charge in [0, 0.05) is 24.4 Å². The molecule has 0 unspecified atom stereocenters. The van der Waals surface area contributed by atoms with E-state index in [1.165, 1.54) is 12.1 Å². The Morgan fingerprint density at radius 2 is 1.86 bits per heavy atom. The Morgan fingerprint density at radius 1 is 1.17 bits per heavy atom. The van der Waals surface area contributed by atoms with Gasteiger partial charge in [0.2, 0.25) is 5.91 Å². The van der Waals surface area contributed by atoms with E-state index in [9.17, 15) is 19.7 Å². The third kappa shape index (κ3) is 3.41. The lowest BCUT2D eigenvalue weighted by Crippen LogP contribution is -2.42. The number of ether oxygens (including phenoxy) is 1. The van der Waals surface area contributed by atoms with Crippen molar-refractivity contribution in [3.05, 3.63) is 70.3 Å². The second-order valence-electron chi connectivity index (χ2n) is 7.35. The van der Waals surface area contributed by atoms with E-state index in [0.717, 1.165) is 5.56 Å². The average molecular weight is 395 g/mol. The molecule has 8 nitrogen and oxygen atoms in total. The summed E-state index contributed by atoms with van der Waals surface area (Å²) in [5, 5.41) is 10.9. The van der Waals surface area contributed by atoms with Crippen LogP contribution >= 0.6 is 0 Å². The van der Waals surface area contributed by atoms with Gasteiger partial charge in [0.05, 0.1) is 22.9 Å². The maximum atomic E-state index is 12.9. The summed E-state index contributed by atoms with van der Waals surface area (Å²) in [5.41, 5.74) is 1.49. The number of nitro groups is 1. The molecule has 0 radical (unpaired) electrons. The Bertz CT molecular complexity index is 931. The van der Waals surface area contributed by atoms with E-state index in [1.807, 2.05) is 37.3 Å². The fraction of sp³-hybridized carbons (Fsp3) is 0.333. The molecule has 2 fully saturated rings. The second kappa shape index (κ2) is 7.54. The predicted octanol–water partition coefficient (Wildman–Crippen LogP) is 3.36. The molecule has 2 heterocycles. The van der Waals surface area contributed by atoms with E-state index in [2.05, 4.69) is 0 Å². The predicted molar refractivity (Wildman–Crippen MR) is 105 cm³/mol. The zero-order valence-electron chi connectivity index (χ0n) is 15.9. The first-order chi connectivity index (χ1) is 14.0. The van der Waals surface area contributed by atoms with E-state index < -0.39 is 11.0 Å². The van der Waals surface area contributed by atoms with Crippen LogP contribution in [0.2, 0.25) is 0 Å². The molecule has 0 saturated carbocycles. The summed E-state index contributed by atoms with van der Waals surface area (Å²) in [4.78, 5) is 39.3. The van der Waals surface area contributed by atoms with Crippen molar-refractivity contribution in [1.82, 2.24) is 4.90 Å². The van der Waals surface area contributed by atoms with Crippen LogP contribution in [0.25, 0.3) is 0 Å². The topological polar surface area (TPSA) is 93.0 Å². The smallest absolute Gasteiger partial charge is 0.410 e. The molecule has 3 atom stereocenters. The average Bonchev–Trinajstić information content (AvgIpc) is 3.26. The largest absolute Gasteiger partial charge is 0.445 e. The zero-order chi connectivity index (χ0) is 20.5. The number of nitro benzene ring substituents is 1. The summed E-state index contributed by atoms with van der Waals surface area (Å²) in [5.74, 6) is -0.462. The number of nitrogens with zero attached hydrogens (tertiary/aromatic N) is 3. The number of carbonyl (C=O) groups excluding carboxylic acids is 2. The third-order valence-electron chi connectivity index (χ3n) is 5.67. The Kier molecular flexibility index (Phi) is 4.92. The highest BCUT2D eigenvalue weighted by Gasteiger charge is 2.54. The molecule has 2 aromatic carbocycles. The lowest BCUT2D eigenvalue weighted by molar-refractivity contribution is -0.384. The number of hydrogen-bond donors (Lipinski definition) is 0. The Balaban J connectivity index is 1.49. The molecule has 4 rings (SSSR count). The van der Waals surface area contributed by atoms with Crippen LogP contribution in [0.1, 0.15) is 18.9 Å². The lowest BCUT2D eigenvalue weighted by atomic mass is 10.0. The molecule has 8 heteroatoms. The molecular formula is C21H21N3O5. The molecule has 2 aromatic rings. The van der Waals surface area contributed by atoms with Gasteiger partial charge in [-0.05, 0) is 24.1 Å². The number of anilines is 1. The molecule has 0 aromatic heterocycles. The van der Waals surface area contributed by atoms with Gasteiger partial charge in [-0.3, -0.25) is 14.9 Å². The summed E-state index contributed by atoms with van der Waals surface area (Å²) in [6, 6.07) is 14.9. The van der Waals surface area contributed by atoms with Crippen LogP contribution in [0.3, 0.4) is 0 Å². The molecule has 0 spiro atoms. The number of amides is 2. The van der Waals surface area contributed by atoms with Crippen LogP contribution in [0.15, 0.2) is 54.6 Å². The van der Waals surface area contributed by atoms with E-state index in [1.54, 1.807) is 21.9 Å². The monoisotopic (exact) mass is 395 g/mol. The molecule has 2 amide bonds. The summed E-state index contributed by atoms with van der Waals surface area (Å²) < 4.78 is 5.47. The molecular weight excluding hydrogens is 374 g/mol. The number of fused-ring (bicyclic) bond motifs is 1. The van der Waals surface area contributed by atoms with Gasteiger partial charge in [-0.1, -0.05) is 37.3 Å². The number of likely N-dealkylation sites (tertiary alicyclic amines) is 1. The molecule has 150 valence electrons. The van der Waals surface area contributed by atoms with Crippen LogP contribution < -0.4 is 4.90 Å². The highest BCUT2D eigenvalue weighted by atomic mass is 16.6. The maximum Gasteiger partial charge on any atom is 0.410 e. The van der Waals surface area contributed by atoms with Crippen molar-refractivity contribution < 1.29 is 19.2 Å². The first-order valence-electron chi connectivity index (χ1n) is 9.52. The highest BCUT2D eigenvalue weighted by Crippen LogP contribution is 2.39. The minimum atomic E-state index is -0.471. The molecule has 2 saturated heterocycles. The highest BCUT2D eigenvalue weighted by molar-refractivity contribution is 5.99. The zero-order valence-corrected chi connectivity index (χ0v) is 15.9. The van der Waals surface area contributed by atoms with Gasteiger partial charge in [0.1, 0.15) is 6.61 Å². The van der Waals surface area contributed by atoms with Crippen molar-refractivity contribution in [2.24, 2.45) is 5.92 Å². The normalized spacial score (nSPS) is 23.2. The summed E-state index contributed by atoms with van der Waals surface area (Å²) in [6.07, 6.45) is 0.213. The first kappa shape index (κ1) is 18.9. The lowest BCUT2D eigenvalue weighted by Gasteiger charge is -2.26. The SMILES string of the molecule is C[C@@H]1C(=O)N(c2ccc([N+](=O)[O-])cc2)[C@H]2CCN(C(=O)OCc3ccccc3)[C@H]12. The summed E-state index contributed by atoms with van der Waals surface area (Å²) in [6.45, 7) is 2.50. The second-order valence-corrected chi connectivity index (χ2v) is 7.35. The number of non-ortho nitro benzene ring substituents is 1. The van der Waals surface area contributed by atoms with Crippen molar-refractivity contribution >= 4 is 23.4 Å². The maximum absolute atomic E-state index is 12.9. The minimum absolute atomic E-state index is 0.0254. The van der Waals surface area contributed by atoms with Crippen molar-refractivity contribution in [2.75, 3.05) is 11.4 Å². The third-order valence-corrected chi connectivity index (χ3v) is 5.67. The fourth-order valence-electron chi connectivity index (χ4n) is 4.28. The van der Waals surface area contributed by atoms with Gasteiger partial charge in [-0.25, -0.2) is 4.79 Å². The van der Waals surface area contributed by atoms with Crippen LogP contribution in [-0.4, -0.2) is 40.5 Å². The Hall–Kier alpha value is -3.42. The molecule has 0 bridgehead atoms. The molecule has 2 aliphatic rings. The first-order valence-corrected chi connectivity index (χ1v) is 9.52. The minimum Gasteiger partial charge on any atom is -0.445 e. The van der Waals surface area contributed by atoms with Gasteiger partial charge in [-0.2, -0.15) is 0 Å². The number of hydrogen-bond acceptors (Lipinski definition) is 5. The Morgan fingerprint density at radius 3 is 2.52 bits per heavy atom. The van der Waals surface area contributed by atoms with Gasteiger partial charge in [0.15, 0.2) is 0 Å². The number of benzene rings is 2. The molecule has 0 N–H and O–H groups in total. The van der Waals surface area contributed by atoms with Crippen LogP contribution in [-0.2, 0) is 16.1 Å². The van der Waals surface area contributed by atoms with E-state index in [4.69, 9.17) is 4.74 Å². The van der Waals surface area contributed by atoms with Crippen molar-refractivity contribution in [3.63, 3.8) is 0 Å². The number of rotatable bonds is 4. The van der Waals surface area contributed by atoms with Crippen molar-refractivity contribution in [3.8, 4) is 0 Å². The van der Waals surface area contributed by atoms with Gasteiger partial charge >= 0.3 is 6.09 Å². The van der Waals surface area contributed by atoms with Gasteiger partial charge in [0.25, 0.3) is 5.69 Å².